The van der Waals surface area contributed by atoms with Crippen LogP contribution >= 0.6 is 0 Å². The molecular formula is C20H15F3N6. The van der Waals surface area contributed by atoms with Gasteiger partial charge in [-0.05, 0) is 30.2 Å². The smallest absolute Gasteiger partial charge is 0.345 e. The summed E-state index contributed by atoms with van der Waals surface area (Å²) in [7, 11) is 1.45. The molecule has 0 fully saturated rings. The lowest BCUT2D eigenvalue weighted by Crippen LogP contribution is -2.08. The number of hydrogen-bond acceptors (Lipinski definition) is 4. The van der Waals surface area contributed by atoms with E-state index in [1.54, 1.807) is 18.5 Å². The second-order valence-electron chi connectivity index (χ2n) is 6.79. The van der Waals surface area contributed by atoms with Crippen molar-refractivity contribution in [2.24, 2.45) is 7.05 Å². The van der Waals surface area contributed by atoms with Gasteiger partial charge in [0, 0.05) is 54.9 Å². The van der Waals surface area contributed by atoms with Crippen molar-refractivity contribution in [3.05, 3.63) is 65.0 Å². The first-order valence-electron chi connectivity index (χ1n) is 8.69. The predicted molar refractivity (Wildman–Crippen MR) is 99.8 cm³/mol. The van der Waals surface area contributed by atoms with Crippen LogP contribution in [-0.4, -0.2) is 24.7 Å². The minimum atomic E-state index is -4.50. The maximum Gasteiger partial charge on any atom is 0.419 e. The van der Waals surface area contributed by atoms with Crippen LogP contribution in [0.15, 0.2) is 36.9 Å². The van der Waals surface area contributed by atoms with E-state index in [4.69, 9.17) is 0 Å². The molecule has 0 aliphatic heterocycles. The molecule has 6 nitrogen and oxygen atoms in total. The zero-order valence-corrected chi connectivity index (χ0v) is 15.5. The molecule has 0 radical (unpaired) electrons. The van der Waals surface area contributed by atoms with Gasteiger partial charge in [0.05, 0.1) is 16.8 Å². The minimum Gasteiger partial charge on any atom is -0.345 e. The Balaban J connectivity index is 1.89. The fourth-order valence-corrected chi connectivity index (χ4v) is 3.37. The molecule has 0 bridgehead atoms. The molecule has 4 aromatic rings. The third kappa shape index (κ3) is 3.45. The number of pyridine rings is 2. The van der Waals surface area contributed by atoms with Gasteiger partial charge in [-0.15, -0.1) is 0 Å². The number of nitriles is 1. The van der Waals surface area contributed by atoms with Crippen molar-refractivity contribution >= 4 is 11.0 Å². The highest BCUT2D eigenvalue weighted by molar-refractivity contribution is 5.97. The Kier molecular flexibility index (Phi) is 4.34. The third-order valence-electron chi connectivity index (χ3n) is 4.56. The van der Waals surface area contributed by atoms with Crippen molar-refractivity contribution in [1.82, 2.24) is 24.7 Å². The maximum atomic E-state index is 13.3. The second kappa shape index (κ2) is 6.74. The molecule has 4 rings (SSSR count). The molecule has 9 heteroatoms. The number of hydrogen-bond donors (Lipinski definition) is 1. The lowest BCUT2D eigenvalue weighted by Gasteiger charge is -2.09. The number of fused-ring (bicyclic) bond motifs is 1. The molecule has 0 saturated heterocycles. The Labute approximate surface area is 163 Å². The molecule has 4 heterocycles. The van der Waals surface area contributed by atoms with E-state index in [2.05, 4.69) is 26.1 Å². The topological polar surface area (TPSA) is 83.2 Å². The standard InChI is InChI=1S/C20H15F3N6/c1-11-3-12(8-25-7-11)15-4-14(27-19-18(15)13(6-24)9-26-19)5-17-16(20(21,22)23)10-29(2)28-17/h3-4,7-10H,5H2,1-2H3,(H,26,27). The molecule has 0 amide bonds. The van der Waals surface area contributed by atoms with Gasteiger partial charge in [0.1, 0.15) is 11.7 Å². The second-order valence-corrected chi connectivity index (χ2v) is 6.79. The van der Waals surface area contributed by atoms with E-state index in [0.29, 0.717) is 27.9 Å². The molecule has 4 aromatic heterocycles. The first-order valence-corrected chi connectivity index (χ1v) is 8.69. The number of H-pyrrole nitrogens is 1. The van der Waals surface area contributed by atoms with Gasteiger partial charge >= 0.3 is 6.18 Å². The zero-order chi connectivity index (χ0) is 20.8. The fourth-order valence-electron chi connectivity index (χ4n) is 3.37. The molecule has 0 atom stereocenters. The zero-order valence-electron chi connectivity index (χ0n) is 15.5. The fraction of sp³-hybridized carbons (Fsp3) is 0.200. The summed E-state index contributed by atoms with van der Waals surface area (Å²) in [5, 5.41) is 14.0. The summed E-state index contributed by atoms with van der Waals surface area (Å²) in [6, 6.07) is 5.72. The van der Waals surface area contributed by atoms with Gasteiger partial charge in [-0.25, -0.2) is 4.98 Å². The largest absolute Gasteiger partial charge is 0.419 e. The molecule has 0 aliphatic carbocycles. The Morgan fingerprint density at radius 3 is 2.72 bits per heavy atom. The van der Waals surface area contributed by atoms with E-state index in [1.807, 2.05) is 13.0 Å². The molecule has 1 N–H and O–H groups in total. The Hall–Kier alpha value is -3.67. The highest BCUT2D eigenvalue weighted by atomic mass is 19.4. The van der Waals surface area contributed by atoms with Crippen LogP contribution in [0.3, 0.4) is 0 Å². The number of nitrogens with one attached hydrogen (secondary N) is 1. The number of aromatic amines is 1. The van der Waals surface area contributed by atoms with E-state index in [0.717, 1.165) is 22.0 Å². The summed E-state index contributed by atoms with van der Waals surface area (Å²) in [4.78, 5) is 11.6. The van der Waals surface area contributed by atoms with Crippen molar-refractivity contribution in [3.8, 4) is 17.2 Å². The molecule has 0 aromatic carbocycles. The number of halogens is 3. The summed E-state index contributed by atoms with van der Waals surface area (Å²) >= 11 is 0. The van der Waals surface area contributed by atoms with Crippen LogP contribution in [-0.2, 0) is 19.6 Å². The molecular weight excluding hydrogens is 381 g/mol. The third-order valence-corrected chi connectivity index (χ3v) is 4.56. The van der Waals surface area contributed by atoms with Crippen molar-refractivity contribution in [2.75, 3.05) is 0 Å². The van der Waals surface area contributed by atoms with E-state index in [9.17, 15) is 18.4 Å². The summed E-state index contributed by atoms with van der Waals surface area (Å²) in [6.07, 6.45) is 1.25. The van der Waals surface area contributed by atoms with E-state index >= 15 is 0 Å². The first kappa shape index (κ1) is 18.7. The van der Waals surface area contributed by atoms with Crippen molar-refractivity contribution in [2.45, 2.75) is 19.5 Å². The van der Waals surface area contributed by atoms with Crippen LogP contribution in [0.25, 0.3) is 22.2 Å². The van der Waals surface area contributed by atoms with Crippen molar-refractivity contribution < 1.29 is 13.2 Å². The number of nitrogens with zero attached hydrogens (tertiary/aromatic N) is 5. The van der Waals surface area contributed by atoms with Crippen molar-refractivity contribution in [1.29, 1.82) is 5.26 Å². The summed E-state index contributed by atoms with van der Waals surface area (Å²) in [6.45, 7) is 1.89. The number of alkyl halides is 3. The van der Waals surface area contributed by atoms with E-state index in [1.165, 1.54) is 13.2 Å². The molecule has 146 valence electrons. The van der Waals surface area contributed by atoms with Crippen LogP contribution in [0.4, 0.5) is 13.2 Å². The summed E-state index contributed by atoms with van der Waals surface area (Å²) < 4.78 is 41.1. The van der Waals surface area contributed by atoms with Crippen LogP contribution in [0.2, 0.25) is 0 Å². The van der Waals surface area contributed by atoms with E-state index < -0.39 is 11.7 Å². The van der Waals surface area contributed by atoms with Gasteiger partial charge in [-0.2, -0.15) is 23.5 Å². The van der Waals surface area contributed by atoms with Crippen molar-refractivity contribution in [3.63, 3.8) is 0 Å². The monoisotopic (exact) mass is 396 g/mol. The SMILES string of the molecule is Cc1cncc(-c2cc(Cc3nn(C)cc3C(F)(F)F)nc3[nH]cc(C#N)c23)c1. The quantitative estimate of drug-likeness (QED) is 0.564. The number of aromatic nitrogens is 5. The number of rotatable bonds is 3. The Bertz CT molecular complexity index is 1260. The molecule has 29 heavy (non-hydrogen) atoms. The average molecular weight is 396 g/mol. The van der Waals surface area contributed by atoms with Crippen LogP contribution in [0.5, 0.6) is 0 Å². The average Bonchev–Trinajstić information content (AvgIpc) is 3.24. The van der Waals surface area contributed by atoms with Crippen LogP contribution in [0.1, 0.15) is 28.1 Å². The Morgan fingerprint density at radius 2 is 2.03 bits per heavy atom. The Morgan fingerprint density at radius 1 is 1.24 bits per heavy atom. The minimum absolute atomic E-state index is 0.0984. The van der Waals surface area contributed by atoms with Gasteiger partial charge in [0.15, 0.2) is 0 Å². The van der Waals surface area contributed by atoms with Gasteiger partial charge in [0.2, 0.25) is 0 Å². The first-order chi connectivity index (χ1) is 13.8. The highest BCUT2D eigenvalue weighted by Crippen LogP contribution is 2.34. The summed E-state index contributed by atoms with van der Waals surface area (Å²) in [5.74, 6) is 0. The molecule has 0 saturated carbocycles. The highest BCUT2D eigenvalue weighted by Gasteiger charge is 2.35. The van der Waals surface area contributed by atoms with Crippen LogP contribution in [0, 0.1) is 18.3 Å². The van der Waals surface area contributed by atoms with E-state index in [-0.39, 0.29) is 12.1 Å². The molecule has 0 unspecified atom stereocenters. The normalized spacial score (nSPS) is 11.7. The lowest BCUT2D eigenvalue weighted by molar-refractivity contribution is -0.138. The predicted octanol–water partition coefficient (Wildman–Crippen LogP) is 4.15. The molecule has 0 spiro atoms. The molecule has 0 aliphatic rings. The van der Waals surface area contributed by atoms with Gasteiger partial charge in [0.25, 0.3) is 0 Å². The maximum absolute atomic E-state index is 13.3. The van der Waals surface area contributed by atoms with Gasteiger partial charge < -0.3 is 4.98 Å². The lowest BCUT2D eigenvalue weighted by atomic mass is 9.99. The summed E-state index contributed by atoms with van der Waals surface area (Å²) in [5.41, 5.74) is 2.72. The van der Waals surface area contributed by atoms with Gasteiger partial charge in [-0.3, -0.25) is 9.67 Å². The van der Waals surface area contributed by atoms with Gasteiger partial charge in [-0.1, -0.05) is 0 Å². The van der Waals surface area contributed by atoms with Crippen LogP contribution < -0.4 is 0 Å². The number of aryl methyl sites for hydroxylation is 2.